The first-order chi connectivity index (χ1) is 14.2. The number of fused-ring (bicyclic) bond motifs is 1. The Morgan fingerprint density at radius 2 is 1.55 bits per heavy atom. The Kier molecular flexibility index (Phi) is 4.25. The van der Waals surface area contributed by atoms with Crippen LogP contribution in [0.25, 0.3) is 11.1 Å². The Morgan fingerprint density at radius 3 is 2.21 bits per heavy atom. The van der Waals surface area contributed by atoms with Gasteiger partial charge >= 0.3 is 0 Å². The zero-order valence-corrected chi connectivity index (χ0v) is 15.9. The maximum absolute atomic E-state index is 13.0. The van der Waals surface area contributed by atoms with Crippen LogP contribution in [0.1, 0.15) is 24.0 Å². The summed E-state index contributed by atoms with van der Waals surface area (Å²) in [6.45, 7) is 0.520. The van der Waals surface area contributed by atoms with Crippen LogP contribution in [0.2, 0.25) is 0 Å². The molecular formula is C24H21N2O3. The first-order valence-electron chi connectivity index (χ1n) is 9.73. The molecule has 0 atom stereocenters. The van der Waals surface area contributed by atoms with Gasteiger partial charge in [-0.3, -0.25) is 10.5 Å². The lowest BCUT2D eigenvalue weighted by molar-refractivity contribution is -0.118. The van der Waals surface area contributed by atoms with Gasteiger partial charge in [-0.25, -0.2) is 0 Å². The number of hydrogen-bond donors (Lipinski definition) is 1. The Labute approximate surface area is 169 Å². The predicted octanol–water partition coefficient (Wildman–Crippen LogP) is 4.54. The molecule has 1 aliphatic heterocycles. The zero-order valence-electron chi connectivity index (χ0n) is 15.9. The molecule has 1 fully saturated rings. The molecule has 0 aromatic heterocycles. The topological polar surface area (TPSA) is 71.4 Å². The number of anilines is 1. The van der Waals surface area contributed by atoms with E-state index in [1.165, 1.54) is 0 Å². The number of hydrogen-bond acceptors (Lipinski definition) is 3. The van der Waals surface area contributed by atoms with Crippen LogP contribution in [0.3, 0.4) is 0 Å². The third kappa shape index (κ3) is 3.23. The number of carbonyl (C=O) groups excluding carboxylic acids is 1. The first-order valence-corrected chi connectivity index (χ1v) is 9.73. The molecule has 1 amide bonds. The van der Waals surface area contributed by atoms with Crippen molar-refractivity contribution in [1.82, 2.24) is 5.73 Å². The summed E-state index contributed by atoms with van der Waals surface area (Å²) in [7, 11) is 0. The van der Waals surface area contributed by atoms with Crippen LogP contribution in [0.15, 0.2) is 66.7 Å². The largest absolute Gasteiger partial charge is 0.454 e. The van der Waals surface area contributed by atoms with Crippen molar-refractivity contribution in [1.29, 1.82) is 0 Å². The number of carbonyl (C=O) groups is 1. The van der Waals surface area contributed by atoms with Crippen molar-refractivity contribution in [3.63, 3.8) is 0 Å². The monoisotopic (exact) mass is 385 g/mol. The molecule has 5 nitrogen and oxygen atoms in total. The lowest BCUT2D eigenvalue weighted by atomic mass is 9.94. The van der Waals surface area contributed by atoms with Gasteiger partial charge in [-0.05, 0) is 59.4 Å². The molecule has 1 heterocycles. The van der Waals surface area contributed by atoms with E-state index >= 15 is 0 Å². The fraction of sp³-hybridized carbons (Fsp3) is 0.208. The maximum atomic E-state index is 13.0. The second kappa shape index (κ2) is 6.94. The number of amides is 1. The Morgan fingerprint density at radius 1 is 0.897 bits per heavy atom. The third-order valence-electron chi connectivity index (χ3n) is 5.74. The molecule has 5 heteroatoms. The maximum Gasteiger partial charge on any atom is 0.235 e. The van der Waals surface area contributed by atoms with Gasteiger partial charge in [0.25, 0.3) is 0 Å². The molecule has 0 saturated heterocycles. The quantitative estimate of drug-likeness (QED) is 0.701. The van der Waals surface area contributed by atoms with Crippen LogP contribution >= 0.6 is 0 Å². The van der Waals surface area contributed by atoms with Crippen molar-refractivity contribution >= 4 is 11.6 Å². The van der Waals surface area contributed by atoms with Crippen molar-refractivity contribution < 1.29 is 14.3 Å². The average Bonchev–Trinajstić information content (AvgIpc) is 3.45. The van der Waals surface area contributed by atoms with Crippen molar-refractivity contribution in [2.24, 2.45) is 0 Å². The lowest BCUT2D eigenvalue weighted by Crippen LogP contribution is -2.27. The van der Waals surface area contributed by atoms with E-state index in [0.29, 0.717) is 5.75 Å². The van der Waals surface area contributed by atoms with E-state index in [-0.39, 0.29) is 19.2 Å². The number of nitrogens with one attached hydrogen (secondary N) is 2. The number of benzene rings is 3. The summed E-state index contributed by atoms with van der Waals surface area (Å²) in [5.74, 6) is 1.46. The first kappa shape index (κ1) is 17.8. The van der Waals surface area contributed by atoms with Crippen LogP contribution in [-0.4, -0.2) is 12.7 Å². The second-order valence-electron chi connectivity index (χ2n) is 7.56. The number of rotatable bonds is 5. The van der Waals surface area contributed by atoms with Crippen molar-refractivity contribution in [3.05, 3.63) is 77.9 Å². The minimum atomic E-state index is -0.480. The third-order valence-corrected chi connectivity index (χ3v) is 5.74. The molecule has 0 spiro atoms. The van der Waals surface area contributed by atoms with Gasteiger partial charge in [0.05, 0.1) is 5.41 Å². The second-order valence-corrected chi connectivity index (χ2v) is 7.56. The van der Waals surface area contributed by atoms with E-state index in [4.69, 9.17) is 15.2 Å². The van der Waals surface area contributed by atoms with E-state index in [1.54, 1.807) is 0 Å². The highest BCUT2D eigenvalue weighted by Gasteiger charge is 2.51. The predicted molar refractivity (Wildman–Crippen MR) is 111 cm³/mol. The summed E-state index contributed by atoms with van der Waals surface area (Å²) >= 11 is 0. The molecule has 29 heavy (non-hydrogen) atoms. The zero-order chi connectivity index (χ0) is 19.8. The molecule has 2 aliphatic rings. The molecule has 1 aliphatic carbocycles. The van der Waals surface area contributed by atoms with Crippen LogP contribution in [0.5, 0.6) is 11.5 Å². The van der Waals surface area contributed by atoms with Crippen LogP contribution < -0.4 is 20.5 Å². The molecular weight excluding hydrogens is 364 g/mol. The fourth-order valence-corrected chi connectivity index (χ4v) is 3.78. The van der Waals surface area contributed by atoms with E-state index < -0.39 is 5.41 Å². The molecule has 2 N–H and O–H groups in total. The van der Waals surface area contributed by atoms with Gasteiger partial charge in [-0.15, -0.1) is 0 Å². The average molecular weight is 385 g/mol. The number of ether oxygens (including phenoxy) is 2. The Balaban J connectivity index is 1.31. The van der Waals surface area contributed by atoms with Crippen LogP contribution in [-0.2, 0) is 16.8 Å². The summed E-state index contributed by atoms with van der Waals surface area (Å²) in [5, 5.41) is 3.07. The van der Waals surface area contributed by atoms with E-state index in [1.807, 2.05) is 66.7 Å². The smallest absolute Gasteiger partial charge is 0.235 e. The van der Waals surface area contributed by atoms with Crippen molar-refractivity contribution in [2.75, 3.05) is 12.1 Å². The highest BCUT2D eigenvalue weighted by atomic mass is 16.7. The minimum absolute atomic E-state index is 0.0175. The standard InChI is InChI=1S/C24H21N2O3/c25-14-16-1-3-17(4-2-16)18-5-8-20(9-6-18)26-23(27)24(11-12-24)19-7-10-21-22(13-19)29-15-28-21/h1-10,13,25H,11-12,14-15H2,(H,26,27). The van der Waals surface area contributed by atoms with Gasteiger partial charge in [0.1, 0.15) is 0 Å². The van der Waals surface area contributed by atoms with Gasteiger partial charge in [0.2, 0.25) is 12.7 Å². The van der Waals surface area contributed by atoms with Crippen molar-refractivity contribution in [2.45, 2.75) is 24.8 Å². The summed E-state index contributed by atoms with van der Waals surface area (Å²) in [6.07, 6.45) is 1.66. The lowest BCUT2D eigenvalue weighted by Gasteiger charge is -2.16. The van der Waals surface area contributed by atoms with E-state index in [9.17, 15) is 4.79 Å². The SMILES string of the molecule is [NH]Cc1ccc(-c2ccc(NC(=O)C3(c4ccc5c(c4)OCO5)CC3)cc2)cc1. The van der Waals surface area contributed by atoms with Crippen LogP contribution in [0, 0.1) is 0 Å². The summed E-state index contributed by atoms with van der Waals surface area (Å²) < 4.78 is 10.8. The van der Waals surface area contributed by atoms with Gasteiger partial charge in [0.15, 0.2) is 11.5 Å². The molecule has 145 valence electrons. The molecule has 3 aromatic carbocycles. The van der Waals surface area contributed by atoms with Gasteiger partial charge in [-0.1, -0.05) is 42.5 Å². The summed E-state index contributed by atoms with van der Waals surface area (Å²) in [6, 6.07) is 21.6. The van der Waals surface area contributed by atoms with Crippen LogP contribution in [0.4, 0.5) is 5.69 Å². The highest BCUT2D eigenvalue weighted by molar-refractivity contribution is 6.01. The highest BCUT2D eigenvalue weighted by Crippen LogP contribution is 2.51. The van der Waals surface area contributed by atoms with E-state index in [0.717, 1.165) is 46.5 Å². The molecule has 5 rings (SSSR count). The fourth-order valence-electron chi connectivity index (χ4n) is 3.78. The normalized spacial score (nSPS) is 15.8. The Bertz CT molecular complexity index is 1050. The Hall–Kier alpha value is -3.31. The molecule has 1 radical (unpaired) electrons. The van der Waals surface area contributed by atoms with Gasteiger partial charge < -0.3 is 14.8 Å². The van der Waals surface area contributed by atoms with E-state index in [2.05, 4.69) is 5.32 Å². The molecule has 0 unspecified atom stereocenters. The molecule has 1 saturated carbocycles. The summed E-state index contributed by atoms with van der Waals surface area (Å²) in [4.78, 5) is 13.0. The molecule has 3 aromatic rings. The summed E-state index contributed by atoms with van der Waals surface area (Å²) in [5.41, 5.74) is 11.9. The minimum Gasteiger partial charge on any atom is -0.454 e. The molecule has 0 bridgehead atoms. The van der Waals surface area contributed by atoms with Gasteiger partial charge in [0, 0.05) is 12.2 Å². The van der Waals surface area contributed by atoms with Crippen molar-refractivity contribution in [3.8, 4) is 22.6 Å². The van der Waals surface area contributed by atoms with Gasteiger partial charge in [-0.2, -0.15) is 0 Å².